The first kappa shape index (κ1) is 14.8. The molecule has 0 radical (unpaired) electrons. The number of benzene rings is 2. The van der Waals surface area contributed by atoms with E-state index in [1.807, 2.05) is 43.3 Å². The third kappa shape index (κ3) is 4.20. The van der Waals surface area contributed by atoms with Crippen LogP contribution in [0.3, 0.4) is 0 Å². The number of hydrogen-bond acceptors (Lipinski definition) is 1. The third-order valence-electron chi connectivity index (χ3n) is 3.18. The predicted octanol–water partition coefficient (Wildman–Crippen LogP) is 4.72. The Kier molecular flexibility index (Phi) is 5.36. The molecule has 2 aromatic carbocycles. The Labute approximate surface area is 128 Å². The number of carbonyl (C=O) groups is 1. The quantitative estimate of drug-likeness (QED) is 0.843. The van der Waals surface area contributed by atoms with Crippen molar-refractivity contribution >= 4 is 27.5 Å². The molecule has 0 unspecified atom stereocenters. The molecule has 0 heterocycles. The maximum atomic E-state index is 11.9. The summed E-state index contributed by atoms with van der Waals surface area (Å²) < 4.78 is 0.955. The fraction of sp³-hybridized carbons (Fsp3) is 0.235. The average Bonchev–Trinajstić information content (AvgIpc) is 2.45. The van der Waals surface area contributed by atoms with E-state index in [2.05, 4.69) is 33.4 Å². The topological polar surface area (TPSA) is 29.1 Å². The lowest BCUT2D eigenvalue weighted by molar-refractivity contribution is -0.116. The van der Waals surface area contributed by atoms with Gasteiger partial charge in [-0.1, -0.05) is 42.5 Å². The molecule has 0 spiro atoms. The van der Waals surface area contributed by atoms with Crippen LogP contribution in [0.25, 0.3) is 0 Å². The van der Waals surface area contributed by atoms with E-state index in [-0.39, 0.29) is 5.91 Å². The molecule has 0 aliphatic carbocycles. The number of halogens is 1. The summed E-state index contributed by atoms with van der Waals surface area (Å²) in [6.07, 6.45) is 2.33. The van der Waals surface area contributed by atoms with E-state index >= 15 is 0 Å². The second kappa shape index (κ2) is 7.25. The highest BCUT2D eigenvalue weighted by Crippen LogP contribution is 2.25. The molecular formula is C17H18BrNO. The van der Waals surface area contributed by atoms with Gasteiger partial charge in [-0.05, 0) is 52.9 Å². The van der Waals surface area contributed by atoms with Gasteiger partial charge in [0.15, 0.2) is 0 Å². The van der Waals surface area contributed by atoms with Crippen LogP contribution in [-0.2, 0) is 11.2 Å². The minimum absolute atomic E-state index is 0.0623. The number of aryl methyl sites for hydroxylation is 2. The molecular weight excluding hydrogens is 314 g/mol. The largest absolute Gasteiger partial charge is 0.325 e. The monoisotopic (exact) mass is 331 g/mol. The van der Waals surface area contributed by atoms with Gasteiger partial charge in [-0.15, -0.1) is 0 Å². The zero-order chi connectivity index (χ0) is 14.4. The highest BCUT2D eigenvalue weighted by atomic mass is 79.9. The van der Waals surface area contributed by atoms with Crippen molar-refractivity contribution in [1.29, 1.82) is 0 Å². The maximum Gasteiger partial charge on any atom is 0.224 e. The summed E-state index contributed by atoms with van der Waals surface area (Å²) in [4.78, 5) is 11.9. The fourth-order valence-electron chi connectivity index (χ4n) is 2.05. The van der Waals surface area contributed by atoms with Gasteiger partial charge in [0.25, 0.3) is 0 Å². The number of hydrogen-bond donors (Lipinski definition) is 1. The summed E-state index contributed by atoms with van der Waals surface area (Å²) in [5.74, 6) is 0.0623. The van der Waals surface area contributed by atoms with E-state index in [0.717, 1.165) is 28.6 Å². The first-order valence-corrected chi connectivity index (χ1v) is 7.55. The molecule has 1 N–H and O–H groups in total. The zero-order valence-corrected chi connectivity index (χ0v) is 13.1. The molecule has 3 heteroatoms. The van der Waals surface area contributed by atoms with E-state index in [1.165, 1.54) is 5.56 Å². The molecule has 0 aliphatic heterocycles. The number of anilines is 1. The Bertz CT molecular complexity index is 581. The molecule has 0 saturated carbocycles. The van der Waals surface area contributed by atoms with Crippen LogP contribution in [0.2, 0.25) is 0 Å². The number of carbonyl (C=O) groups excluding carboxylic acids is 1. The maximum absolute atomic E-state index is 11.9. The average molecular weight is 332 g/mol. The van der Waals surface area contributed by atoms with Crippen molar-refractivity contribution < 1.29 is 4.79 Å². The Morgan fingerprint density at radius 3 is 2.60 bits per heavy atom. The molecule has 20 heavy (non-hydrogen) atoms. The summed E-state index contributed by atoms with van der Waals surface area (Å²) in [6.45, 7) is 2.01. The van der Waals surface area contributed by atoms with Crippen LogP contribution in [-0.4, -0.2) is 5.91 Å². The molecule has 0 atom stereocenters. The van der Waals surface area contributed by atoms with Gasteiger partial charge in [0.1, 0.15) is 0 Å². The van der Waals surface area contributed by atoms with Crippen LogP contribution in [0.5, 0.6) is 0 Å². The smallest absolute Gasteiger partial charge is 0.224 e. The number of nitrogens with one attached hydrogen (secondary N) is 1. The SMILES string of the molecule is Cc1cccc(NC(=O)CCCc2ccccc2)c1Br. The van der Waals surface area contributed by atoms with Crippen molar-refractivity contribution in [2.75, 3.05) is 5.32 Å². The Hall–Kier alpha value is -1.61. The second-order valence-corrected chi connectivity index (χ2v) is 5.62. The van der Waals surface area contributed by atoms with Crippen LogP contribution < -0.4 is 5.32 Å². The van der Waals surface area contributed by atoms with Crippen molar-refractivity contribution in [3.63, 3.8) is 0 Å². The Morgan fingerprint density at radius 1 is 1.10 bits per heavy atom. The van der Waals surface area contributed by atoms with E-state index in [9.17, 15) is 4.79 Å². The van der Waals surface area contributed by atoms with Gasteiger partial charge in [0.05, 0.1) is 5.69 Å². The van der Waals surface area contributed by atoms with Crippen molar-refractivity contribution in [3.8, 4) is 0 Å². The van der Waals surface area contributed by atoms with Gasteiger partial charge in [0, 0.05) is 10.9 Å². The van der Waals surface area contributed by atoms with Gasteiger partial charge < -0.3 is 5.32 Å². The first-order chi connectivity index (χ1) is 9.66. The van der Waals surface area contributed by atoms with Crippen LogP contribution in [0.15, 0.2) is 53.0 Å². The van der Waals surface area contributed by atoms with E-state index in [4.69, 9.17) is 0 Å². The van der Waals surface area contributed by atoms with Gasteiger partial charge in [-0.3, -0.25) is 4.79 Å². The molecule has 0 fully saturated rings. The first-order valence-electron chi connectivity index (χ1n) is 6.75. The molecule has 0 saturated heterocycles. The molecule has 0 aliphatic rings. The summed E-state index contributed by atoms with van der Waals surface area (Å²) in [5, 5.41) is 2.95. The fourth-order valence-corrected chi connectivity index (χ4v) is 2.42. The van der Waals surface area contributed by atoms with Crippen LogP contribution in [0, 0.1) is 6.92 Å². The highest BCUT2D eigenvalue weighted by molar-refractivity contribution is 9.10. The minimum Gasteiger partial charge on any atom is -0.325 e. The van der Waals surface area contributed by atoms with Crippen molar-refractivity contribution in [2.24, 2.45) is 0 Å². The van der Waals surface area contributed by atoms with Gasteiger partial charge >= 0.3 is 0 Å². The van der Waals surface area contributed by atoms with Crippen LogP contribution in [0.1, 0.15) is 24.0 Å². The summed E-state index contributed by atoms with van der Waals surface area (Å²) >= 11 is 3.50. The standard InChI is InChI=1S/C17H18BrNO/c1-13-7-5-11-15(17(13)18)19-16(20)12-6-10-14-8-3-2-4-9-14/h2-5,7-9,11H,6,10,12H2,1H3,(H,19,20). The minimum atomic E-state index is 0.0623. The molecule has 1 amide bonds. The Morgan fingerprint density at radius 2 is 1.85 bits per heavy atom. The number of amides is 1. The Balaban J connectivity index is 1.82. The summed E-state index contributed by atoms with van der Waals surface area (Å²) in [7, 11) is 0. The van der Waals surface area contributed by atoms with E-state index in [0.29, 0.717) is 6.42 Å². The molecule has 104 valence electrons. The molecule has 2 aromatic rings. The molecule has 2 nitrogen and oxygen atoms in total. The zero-order valence-electron chi connectivity index (χ0n) is 11.5. The normalized spacial score (nSPS) is 10.3. The lowest BCUT2D eigenvalue weighted by Crippen LogP contribution is -2.12. The highest BCUT2D eigenvalue weighted by Gasteiger charge is 2.06. The van der Waals surface area contributed by atoms with Gasteiger partial charge in [-0.25, -0.2) is 0 Å². The predicted molar refractivity (Wildman–Crippen MR) is 86.9 cm³/mol. The van der Waals surface area contributed by atoms with E-state index < -0.39 is 0 Å². The number of rotatable bonds is 5. The van der Waals surface area contributed by atoms with Gasteiger partial charge in [0.2, 0.25) is 5.91 Å². The van der Waals surface area contributed by atoms with Crippen molar-refractivity contribution in [3.05, 3.63) is 64.1 Å². The van der Waals surface area contributed by atoms with Crippen molar-refractivity contribution in [1.82, 2.24) is 0 Å². The van der Waals surface area contributed by atoms with E-state index in [1.54, 1.807) is 0 Å². The van der Waals surface area contributed by atoms with Gasteiger partial charge in [-0.2, -0.15) is 0 Å². The van der Waals surface area contributed by atoms with Crippen LogP contribution in [0.4, 0.5) is 5.69 Å². The second-order valence-electron chi connectivity index (χ2n) is 4.82. The van der Waals surface area contributed by atoms with Crippen molar-refractivity contribution in [2.45, 2.75) is 26.2 Å². The summed E-state index contributed by atoms with van der Waals surface area (Å²) in [5.41, 5.74) is 3.24. The van der Waals surface area contributed by atoms with Crippen LogP contribution >= 0.6 is 15.9 Å². The lowest BCUT2D eigenvalue weighted by Gasteiger charge is -2.09. The molecule has 0 aromatic heterocycles. The lowest BCUT2D eigenvalue weighted by atomic mass is 10.1. The third-order valence-corrected chi connectivity index (χ3v) is 4.23. The summed E-state index contributed by atoms with van der Waals surface area (Å²) in [6, 6.07) is 16.1. The molecule has 0 bridgehead atoms. The molecule has 2 rings (SSSR count).